The van der Waals surface area contributed by atoms with Gasteiger partial charge in [0.05, 0.1) is 5.69 Å². The summed E-state index contributed by atoms with van der Waals surface area (Å²) >= 11 is 1.79. The van der Waals surface area contributed by atoms with Crippen molar-refractivity contribution >= 4 is 21.4 Å². The van der Waals surface area contributed by atoms with Gasteiger partial charge < -0.3 is 4.90 Å². The summed E-state index contributed by atoms with van der Waals surface area (Å²) in [4.78, 5) is 2.37. The van der Waals surface area contributed by atoms with Crippen molar-refractivity contribution in [2.75, 3.05) is 13.6 Å². The van der Waals surface area contributed by atoms with E-state index in [1.54, 1.807) is 17.4 Å². The minimum atomic E-state index is 0.338. The molecule has 1 atom stereocenters. The Bertz CT molecular complexity index is 1200. The van der Waals surface area contributed by atoms with Crippen LogP contribution in [0.3, 0.4) is 0 Å². The van der Waals surface area contributed by atoms with Crippen LogP contribution in [0.1, 0.15) is 28.3 Å². The molecule has 3 heterocycles. The van der Waals surface area contributed by atoms with Gasteiger partial charge in [-0.3, -0.25) is 0 Å². The molecule has 28 heavy (non-hydrogen) atoms. The number of thiophene rings is 1. The highest BCUT2D eigenvalue weighted by Gasteiger charge is 2.25. The lowest BCUT2D eigenvalue weighted by molar-refractivity contribution is 0.295. The van der Waals surface area contributed by atoms with Crippen LogP contribution in [0.4, 0.5) is 0 Å². The summed E-state index contributed by atoms with van der Waals surface area (Å²) < 4.78 is 1.34. The molecule has 0 fully saturated rings. The maximum atomic E-state index is 8.92. The van der Waals surface area contributed by atoms with Gasteiger partial charge in [0.15, 0.2) is 5.69 Å². The van der Waals surface area contributed by atoms with E-state index in [1.165, 1.54) is 26.8 Å². The van der Waals surface area contributed by atoms with Crippen LogP contribution in [-0.2, 0) is 6.54 Å². The Balaban J connectivity index is 1.56. The molecule has 2 aromatic carbocycles. The first-order valence-corrected chi connectivity index (χ1v) is 10.1. The highest BCUT2D eigenvalue weighted by molar-refractivity contribution is 7.17. The number of aromatic nitrogens is 2. The lowest BCUT2D eigenvalue weighted by Crippen LogP contribution is -2.31. The SMILES string of the molecule is CN1Cc2cc(-c3ccc(C#N)nn3)ccc2C(c2ccc3sccc3c2)C1. The number of rotatable bonds is 2. The van der Waals surface area contributed by atoms with E-state index in [0.717, 1.165) is 24.3 Å². The van der Waals surface area contributed by atoms with Gasteiger partial charge in [0.2, 0.25) is 0 Å². The van der Waals surface area contributed by atoms with Crippen LogP contribution in [0.5, 0.6) is 0 Å². The summed E-state index contributed by atoms with van der Waals surface area (Å²) in [6.07, 6.45) is 0. The third-order valence-electron chi connectivity index (χ3n) is 5.41. The van der Waals surface area contributed by atoms with Crippen molar-refractivity contribution in [2.24, 2.45) is 0 Å². The van der Waals surface area contributed by atoms with E-state index in [1.807, 2.05) is 12.1 Å². The molecule has 4 nitrogen and oxygen atoms in total. The number of nitriles is 1. The first-order chi connectivity index (χ1) is 13.7. The molecule has 136 valence electrons. The van der Waals surface area contributed by atoms with Crippen molar-refractivity contribution in [3.05, 3.63) is 82.4 Å². The Morgan fingerprint density at radius 1 is 1.07 bits per heavy atom. The van der Waals surface area contributed by atoms with Gasteiger partial charge in [0, 0.05) is 29.3 Å². The molecule has 1 unspecified atom stereocenters. The molecule has 2 aromatic heterocycles. The molecule has 0 amide bonds. The van der Waals surface area contributed by atoms with Crippen LogP contribution in [0.15, 0.2) is 60.0 Å². The maximum absolute atomic E-state index is 8.92. The zero-order valence-electron chi connectivity index (χ0n) is 15.5. The standard InChI is InChI=1S/C23H18N4S/c1-27-13-18-11-16(22-6-4-19(12-24)25-26-22)2-5-20(18)21(14-27)15-3-7-23-17(10-15)8-9-28-23/h2-11,21H,13-14H2,1H3. The van der Waals surface area contributed by atoms with E-state index < -0.39 is 0 Å². The van der Waals surface area contributed by atoms with E-state index in [4.69, 9.17) is 5.26 Å². The number of hydrogen-bond acceptors (Lipinski definition) is 5. The maximum Gasteiger partial charge on any atom is 0.163 e. The second-order valence-electron chi connectivity index (χ2n) is 7.30. The smallest absolute Gasteiger partial charge is 0.163 e. The predicted octanol–water partition coefficient (Wildman–Crippen LogP) is 4.81. The van der Waals surface area contributed by atoms with E-state index in [0.29, 0.717) is 11.6 Å². The Morgan fingerprint density at radius 3 is 2.82 bits per heavy atom. The Hall–Kier alpha value is -3.07. The summed E-state index contributed by atoms with van der Waals surface area (Å²) in [5.41, 5.74) is 6.25. The molecule has 1 aliphatic heterocycles. The average molecular weight is 382 g/mol. The zero-order valence-corrected chi connectivity index (χ0v) is 16.3. The molecular weight excluding hydrogens is 364 g/mol. The first kappa shape index (κ1) is 17.1. The average Bonchev–Trinajstić information content (AvgIpc) is 3.20. The monoisotopic (exact) mass is 382 g/mol. The van der Waals surface area contributed by atoms with E-state index in [9.17, 15) is 0 Å². The number of nitrogens with zero attached hydrogens (tertiary/aromatic N) is 4. The number of benzene rings is 2. The first-order valence-electron chi connectivity index (χ1n) is 9.24. The molecule has 5 rings (SSSR count). The van der Waals surface area contributed by atoms with Crippen molar-refractivity contribution in [3.63, 3.8) is 0 Å². The lowest BCUT2D eigenvalue weighted by atomic mass is 9.83. The molecule has 0 aliphatic carbocycles. The molecule has 0 saturated carbocycles. The number of likely N-dealkylation sites (N-methyl/N-ethyl adjacent to an activating group) is 1. The van der Waals surface area contributed by atoms with Crippen LogP contribution in [0, 0.1) is 11.3 Å². The van der Waals surface area contributed by atoms with Crippen LogP contribution < -0.4 is 0 Å². The molecule has 4 aromatic rings. The fraction of sp³-hybridized carbons (Fsp3) is 0.174. The topological polar surface area (TPSA) is 52.8 Å². The predicted molar refractivity (Wildman–Crippen MR) is 112 cm³/mol. The van der Waals surface area contributed by atoms with Crippen molar-refractivity contribution in [1.29, 1.82) is 5.26 Å². The van der Waals surface area contributed by atoms with Crippen molar-refractivity contribution < 1.29 is 0 Å². The van der Waals surface area contributed by atoms with Crippen molar-refractivity contribution in [3.8, 4) is 17.3 Å². The summed E-state index contributed by atoms with van der Waals surface area (Å²) in [5, 5.41) is 20.6. The van der Waals surface area contributed by atoms with Crippen LogP contribution in [0.2, 0.25) is 0 Å². The molecule has 0 radical (unpaired) electrons. The van der Waals surface area contributed by atoms with E-state index in [-0.39, 0.29) is 0 Å². The van der Waals surface area contributed by atoms with Gasteiger partial charge in [-0.25, -0.2) is 0 Å². The third kappa shape index (κ3) is 2.97. The molecule has 0 N–H and O–H groups in total. The van der Waals surface area contributed by atoms with Crippen LogP contribution in [-0.4, -0.2) is 28.7 Å². The molecule has 0 bridgehead atoms. The molecule has 5 heteroatoms. The number of fused-ring (bicyclic) bond motifs is 2. The summed E-state index contributed by atoms with van der Waals surface area (Å²) in [5.74, 6) is 0.360. The van der Waals surface area contributed by atoms with Crippen molar-refractivity contribution in [1.82, 2.24) is 15.1 Å². The molecule has 0 saturated heterocycles. The van der Waals surface area contributed by atoms with Crippen LogP contribution >= 0.6 is 11.3 Å². The minimum Gasteiger partial charge on any atom is -0.301 e. The second-order valence-corrected chi connectivity index (χ2v) is 8.24. The number of hydrogen-bond donors (Lipinski definition) is 0. The van der Waals surface area contributed by atoms with E-state index in [2.05, 4.69) is 70.0 Å². The highest BCUT2D eigenvalue weighted by atomic mass is 32.1. The Labute approximate surface area is 167 Å². The van der Waals surface area contributed by atoms with Gasteiger partial charge in [-0.05, 0) is 70.9 Å². The minimum absolute atomic E-state index is 0.338. The van der Waals surface area contributed by atoms with Crippen molar-refractivity contribution in [2.45, 2.75) is 12.5 Å². The van der Waals surface area contributed by atoms with Gasteiger partial charge in [0.25, 0.3) is 0 Å². The third-order valence-corrected chi connectivity index (χ3v) is 6.30. The zero-order chi connectivity index (χ0) is 19.1. The summed E-state index contributed by atoms with van der Waals surface area (Å²) in [6.45, 7) is 1.93. The highest BCUT2D eigenvalue weighted by Crippen LogP contribution is 2.36. The summed E-state index contributed by atoms with van der Waals surface area (Å²) in [7, 11) is 2.17. The molecule has 1 aliphatic rings. The van der Waals surface area contributed by atoms with Gasteiger partial charge >= 0.3 is 0 Å². The van der Waals surface area contributed by atoms with Gasteiger partial charge in [-0.15, -0.1) is 21.5 Å². The quantitative estimate of drug-likeness (QED) is 0.499. The largest absolute Gasteiger partial charge is 0.301 e. The van der Waals surface area contributed by atoms with E-state index >= 15 is 0 Å². The van der Waals surface area contributed by atoms with Gasteiger partial charge in [0.1, 0.15) is 6.07 Å². The second kappa shape index (κ2) is 6.83. The fourth-order valence-corrected chi connectivity index (χ4v) is 4.81. The molecule has 0 spiro atoms. The normalized spacial score (nSPS) is 16.6. The van der Waals surface area contributed by atoms with Gasteiger partial charge in [-0.2, -0.15) is 5.26 Å². The van der Waals surface area contributed by atoms with Crippen LogP contribution in [0.25, 0.3) is 21.3 Å². The Kier molecular flexibility index (Phi) is 4.16. The summed E-state index contributed by atoms with van der Waals surface area (Å²) in [6, 6.07) is 21.2. The lowest BCUT2D eigenvalue weighted by Gasteiger charge is -2.33. The Morgan fingerprint density at radius 2 is 2.00 bits per heavy atom. The molecular formula is C23H18N4S. The fourth-order valence-electron chi connectivity index (χ4n) is 4.04. The van der Waals surface area contributed by atoms with Gasteiger partial charge in [-0.1, -0.05) is 18.2 Å².